The summed E-state index contributed by atoms with van der Waals surface area (Å²) in [4.78, 5) is 4.22. The number of hydrogen-bond donors (Lipinski definition) is 1. The van der Waals surface area contributed by atoms with Crippen molar-refractivity contribution < 1.29 is 31.1 Å². The Morgan fingerprint density at radius 3 is 2.45 bits per heavy atom. The molecule has 0 saturated heterocycles. The van der Waals surface area contributed by atoms with Crippen LogP contribution in [0, 0.1) is 0 Å². The van der Waals surface area contributed by atoms with E-state index in [0.717, 1.165) is 12.8 Å². The van der Waals surface area contributed by atoms with Gasteiger partial charge < -0.3 is 9.47 Å². The largest absolute Gasteiger partial charge is 0.573 e. The zero-order chi connectivity index (χ0) is 22.6. The minimum atomic E-state index is -4.81. The van der Waals surface area contributed by atoms with Gasteiger partial charge in [0, 0.05) is 5.56 Å². The fourth-order valence-corrected chi connectivity index (χ4v) is 4.36. The smallest absolute Gasteiger partial charge is 0.487 e. The van der Waals surface area contributed by atoms with Crippen molar-refractivity contribution >= 4 is 10.0 Å². The number of benzene rings is 1. The Kier molecular flexibility index (Phi) is 7.10. The van der Waals surface area contributed by atoms with Crippen LogP contribution in [0.15, 0.2) is 42.6 Å². The molecule has 3 rings (SSSR count). The van der Waals surface area contributed by atoms with E-state index < -0.39 is 21.6 Å². The fraction of sp³-hybridized carbons (Fsp3) is 0.476. The van der Waals surface area contributed by atoms with Crippen LogP contribution in [0.25, 0.3) is 11.3 Å². The molecule has 2 aromatic rings. The quantitative estimate of drug-likeness (QED) is 0.653. The minimum absolute atomic E-state index is 0.201. The van der Waals surface area contributed by atoms with Gasteiger partial charge in [-0.2, -0.15) is 0 Å². The lowest BCUT2D eigenvalue weighted by Gasteiger charge is -2.32. The lowest BCUT2D eigenvalue weighted by atomic mass is 9.93. The number of rotatable bonds is 7. The highest BCUT2D eigenvalue weighted by molar-refractivity contribution is 7.90. The molecule has 0 radical (unpaired) electrons. The fourth-order valence-electron chi connectivity index (χ4n) is 3.40. The van der Waals surface area contributed by atoms with Crippen LogP contribution in [-0.4, -0.2) is 37.2 Å². The van der Waals surface area contributed by atoms with Gasteiger partial charge in [0.1, 0.15) is 17.6 Å². The van der Waals surface area contributed by atoms with Gasteiger partial charge in [-0.15, -0.1) is 13.2 Å². The Balaban J connectivity index is 1.75. The zero-order valence-electron chi connectivity index (χ0n) is 17.2. The number of aromatic nitrogens is 1. The molecule has 1 aliphatic carbocycles. The number of pyridine rings is 1. The predicted octanol–water partition coefficient (Wildman–Crippen LogP) is 4.67. The van der Waals surface area contributed by atoms with Crippen LogP contribution in [-0.2, 0) is 10.0 Å². The molecule has 1 aromatic heterocycles. The summed E-state index contributed by atoms with van der Waals surface area (Å²) in [6.07, 6.45) is -0.563. The summed E-state index contributed by atoms with van der Waals surface area (Å²) in [5.74, 6) is 0.0743. The summed E-state index contributed by atoms with van der Waals surface area (Å²) in [7, 11) is -3.44. The second-order valence-electron chi connectivity index (χ2n) is 7.68. The van der Waals surface area contributed by atoms with Crippen LogP contribution >= 0.6 is 0 Å². The Bertz CT molecular complexity index is 979. The summed E-state index contributed by atoms with van der Waals surface area (Å²) >= 11 is 0. The number of halogens is 3. The van der Waals surface area contributed by atoms with Gasteiger partial charge in [0.05, 0.1) is 23.2 Å². The highest BCUT2D eigenvalue weighted by Crippen LogP contribution is 2.33. The molecule has 1 aliphatic rings. The number of para-hydroxylation sites is 1. The SMILES string of the molecule is CC(C)S(=O)(=O)N[C@H]1CCCC[C@H]1Oc1ccc(-c2ccccc2OC(F)(F)F)nc1. The molecule has 0 unspecified atom stereocenters. The van der Waals surface area contributed by atoms with Crippen LogP contribution in [0.5, 0.6) is 11.5 Å². The highest BCUT2D eigenvalue weighted by Gasteiger charge is 2.33. The topological polar surface area (TPSA) is 77.5 Å². The highest BCUT2D eigenvalue weighted by atomic mass is 32.2. The number of ether oxygens (including phenoxy) is 2. The van der Waals surface area contributed by atoms with Crippen molar-refractivity contribution in [2.45, 2.75) is 63.3 Å². The standard InChI is InChI=1S/C21H25F3N2O4S/c1-14(2)31(27,28)26-18-8-4-6-10-20(18)29-15-11-12-17(25-13-15)16-7-3-5-9-19(16)30-21(22,23)24/h3,5,7,9,11-14,18,20,26H,4,6,8,10H2,1-2H3/t18-,20+/m0/s1. The summed E-state index contributed by atoms with van der Waals surface area (Å²) in [6.45, 7) is 3.23. The van der Waals surface area contributed by atoms with Gasteiger partial charge in [0.25, 0.3) is 0 Å². The van der Waals surface area contributed by atoms with E-state index in [4.69, 9.17) is 4.74 Å². The lowest BCUT2D eigenvalue weighted by molar-refractivity contribution is -0.274. The van der Waals surface area contributed by atoms with Crippen molar-refractivity contribution in [1.29, 1.82) is 0 Å². The minimum Gasteiger partial charge on any atom is -0.487 e. The number of alkyl halides is 3. The number of nitrogens with zero attached hydrogens (tertiary/aromatic N) is 1. The third-order valence-corrected chi connectivity index (χ3v) is 6.92. The Morgan fingerprint density at radius 1 is 1.10 bits per heavy atom. The van der Waals surface area contributed by atoms with Gasteiger partial charge in [0.15, 0.2) is 0 Å². The Hall–Kier alpha value is -2.33. The summed E-state index contributed by atoms with van der Waals surface area (Å²) < 4.78 is 75.3. The molecule has 0 aliphatic heterocycles. The first-order valence-electron chi connectivity index (χ1n) is 10.0. The van der Waals surface area contributed by atoms with Crippen LogP contribution in [0.1, 0.15) is 39.5 Å². The van der Waals surface area contributed by atoms with Crippen LogP contribution in [0.3, 0.4) is 0 Å². The van der Waals surface area contributed by atoms with Crippen molar-refractivity contribution in [2.24, 2.45) is 0 Å². The first kappa shape index (κ1) is 23.3. The van der Waals surface area contributed by atoms with E-state index in [2.05, 4.69) is 14.4 Å². The number of sulfonamides is 1. The average Bonchev–Trinajstić information content (AvgIpc) is 2.69. The first-order valence-corrected chi connectivity index (χ1v) is 11.6. The molecule has 1 N–H and O–H groups in total. The molecule has 0 amide bonds. The number of nitrogens with one attached hydrogen (secondary N) is 1. The summed E-state index contributed by atoms with van der Waals surface area (Å²) in [6, 6.07) is 8.56. The Labute approximate surface area is 179 Å². The van der Waals surface area contributed by atoms with E-state index in [9.17, 15) is 21.6 Å². The normalized spacial score (nSPS) is 19.9. The Morgan fingerprint density at radius 2 is 1.81 bits per heavy atom. The molecule has 0 bridgehead atoms. The lowest BCUT2D eigenvalue weighted by Crippen LogP contribution is -2.49. The molecule has 170 valence electrons. The third-order valence-electron chi connectivity index (χ3n) is 5.05. The molecule has 10 heteroatoms. The molecular formula is C21H25F3N2O4S. The maximum Gasteiger partial charge on any atom is 0.573 e. The average molecular weight is 459 g/mol. The van der Waals surface area contributed by atoms with E-state index in [1.807, 2.05) is 0 Å². The van der Waals surface area contributed by atoms with Gasteiger partial charge >= 0.3 is 6.36 Å². The van der Waals surface area contributed by atoms with Gasteiger partial charge in [-0.05, 0) is 57.4 Å². The van der Waals surface area contributed by atoms with E-state index in [1.165, 1.54) is 24.4 Å². The van der Waals surface area contributed by atoms with Crippen molar-refractivity contribution in [3.8, 4) is 22.8 Å². The van der Waals surface area contributed by atoms with E-state index in [0.29, 0.717) is 24.3 Å². The molecule has 6 nitrogen and oxygen atoms in total. The molecule has 1 saturated carbocycles. The van der Waals surface area contributed by atoms with Gasteiger partial charge in [-0.25, -0.2) is 13.1 Å². The van der Waals surface area contributed by atoms with Crippen molar-refractivity contribution in [3.63, 3.8) is 0 Å². The van der Waals surface area contributed by atoms with Crippen molar-refractivity contribution in [2.75, 3.05) is 0 Å². The molecule has 31 heavy (non-hydrogen) atoms. The zero-order valence-corrected chi connectivity index (χ0v) is 18.0. The molecule has 1 fully saturated rings. The summed E-state index contributed by atoms with van der Waals surface area (Å²) in [5, 5.41) is -0.546. The third kappa shape index (κ3) is 6.33. The second-order valence-corrected chi connectivity index (χ2v) is 9.95. The first-order chi connectivity index (χ1) is 14.5. The van der Waals surface area contributed by atoms with Crippen LogP contribution < -0.4 is 14.2 Å². The maximum atomic E-state index is 12.7. The van der Waals surface area contributed by atoms with E-state index in [-0.39, 0.29) is 23.5 Å². The summed E-state index contributed by atoms with van der Waals surface area (Å²) in [5.41, 5.74) is 0.500. The second kappa shape index (κ2) is 9.44. The van der Waals surface area contributed by atoms with Gasteiger partial charge in [0.2, 0.25) is 10.0 Å². The predicted molar refractivity (Wildman–Crippen MR) is 110 cm³/mol. The van der Waals surface area contributed by atoms with Crippen molar-refractivity contribution in [3.05, 3.63) is 42.6 Å². The van der Waals surface area contributed by atoms with Crippen molar-refractivity contribution in [1.82, 2.24) is 9.71 Å². The molecule has 1 aromatic carbocycles. The van der Waals surface area contributed by atoms with Gasteiger partial charge in [-0.1, -0.05) is 18.6 Å². The molecule has 2 atom stereocenters. The molecular weight excluding hydrogens is 433 g/mol. The van der Waals surface area contributed by atoms with Gasteiger partial charge in [-0.3, -0.25) is 4.98 Å². The maximum absolute atomic E-state index is 12.7. The number of hydrogen-bond acceptors (Lipinski definition) is 5. The molecule has 1 heterocycles. The monoisotopic (exact) mass is 458 g/mol. The van der Waals surface area contributed by atoms with Crippen LogP contribution in [0.4, 0.5) is 13.2 Å². The van der Waals surface area contributed by atoms with Crippen LogP contribution in [0.2, 0.25) is 0 Å². The molecule has 0 spiro atoms. The van der Waals surface area contributed by atoms with E-state index in [1.54, 1.807) is 32.0 Å². The van der Waals surface area contributed by atoms with E-state index >= 15 is 0 Å².